The van der Waals surface area contributed by atoms with Crippen LogP contribution in [0.1, 0.15) is 37.7 Å². The fourth-order valence-corrected chi connectivity index (χ4v) is 4.85. The van der Waals surface area contributed by atoms with E-state index < -0.39 is 0 Å². The summed E-state index contributed by atoms with van der Waals surface area (Å²) in [4.78, 5) is 14.4. The zero-order chi connectivity index (χ0) is 14.8. The number of thiophene rings is 1. The average Bonchev–Trinajstić information content (AvgIpc) is 2.91. The van der Waals surface area contributed by atoms with Crippen molar-refractivity contribution in [1.29, 1.82) is 0 Å². The SMILES string of the molecule is Cl.O=C(CCCc1cc(Cl)sc1Cl)N1CCC2CCC(C1)N2. The number of carbonyl (C=O) groups is 1. The molecule has 2 unspecified atom stereocenters. The van der Waals surface area contributed by atoms with E-state index in [0.29, 0.717) is 18.5 Å². The number of hydrogen-bond acceptors (Lipinski definition) is 3. The molecule has 2 bridgehead atoms. The molecular formula is C15H21Cl3N2OS. The van der Waals surface area contributed by atoms with E-state index in [9.17, 15) is 4.79 Å². The number of halogens is 3. The third-order valence-electron chi connectivity index (χ3n) is 4.44. The summed E-state index contributed by atoms with van der Waals surface area (Å²) in [6.45, 7) is 1.78. The van der Waals surface area contributed by atoms with Crippen LogP contribution < -0.4 is 5.32 Å². The monoisotopic (exact) mass is 382 g/mol. The Morgan fingerprint density at radius 1 is 1.32 bits per heavy atom. The number of aryl methyl sites for hydroxylation is 1. The summed E-state index contributed by atoms with van der Waals surface area (Å²) in [7, 11) is 0. The molecule has 2 saturated heterocycles. The Balaban J connectivity index is 0.00000176. The van der Waals surface area contributed by atoms with Gasteiger partial charge in [-0.05, 0) is 43.7 Å². The van der Waals surface area contributed by atoms with Gasteiger partial charge in [-0.15, -0.1) is 23.7 Å². The molecule has 1 aromatic heterocycles. The largest absolute Gasteiger partial charge is 0.341 e. The first-order valence-corrected chi connectivity index (χ1v) is 9.16. The van der Waals surface area contributed by atoms with Gasteiger partial charge in [0.05, 0.1) is 8.67 Å². The second-order valence-corrected chi connectivity index (χ2v) is 8.25. The maximum absolute atomic E-state index is 12.3. The summed E-state index contributed by atoms with van der Waals surface area (Å²) in [5.41, 5.74) is 1.07. The molecule has 7 heteroatoms. The van der Waals surface area contributed by atoms with Gasteiger partial charge >= 0.3 is 0 Å². The van der Waals surface area contributed by atoms with Crippen LogP contribution in [-0.2, 0) is 11.2 Å². The van der Waals surface area contributed by atoms with Crippen molar-refractivity contribution in [1.82, 2.24) is 10.2 Å². The summed E-state index contributed by atoms with van der Waals surface area (Å²) < 4.78 is 1.47. The van der Waals surface area contributed by atoms with Crippen LogP contribution in [-0.4, -0.2) is 36.0 Å². The second-order valence-electron chi connectivity index (χ2n) is 5.97. The van der Waals surface area contributed by atoms with E-state index in [1.54, 1.807) is 0 Å². The van der Waals surface area contributed by atoms with Gasteiger partial charge in [0.2, 0.25) is 5.91 Å². The minimum atomic E-state index is 0. The van der Waals surface area contributed by atoms with E-state index in [-0.39, 0.29) is 18.3 Å². The maximum atomic E-state index is 12.3. The molecular weight excluding hydrogens is 363 g/mol. The van der Waals surface area contributed by atoms with Crippen molar-refractivity contribution in [3.8, 4) is 0 Å². The smallest absolute Gasteiger partial charge is 0.222 e. The van der Waals surface area contributed by atoms with Crippen LogP contribution in [0, 0.1) is 0 Å². The number of nitrogens with one attached hydrogen (secondary N) is 1. The van der Waals surface area contributed by atoms with Gasteiger partial charge in [-0.1, -0.05) is 23.2 Å². The molecule has 1 N–H and O–H groups in total. The van der Waals surface area contributed by atoms with Crippen molar-refractivity contribution in [3.63, 3.8) is 0 Å². The van der Waals surface area contributed by atoms with E-state index in [2.05, 4.69) is 5.32 Å². The average molecular weight is 384 g/mol. The van der Waals surface area contributed by atoms with Gasteiger partial charge in [-0.2, -0.15) is 0 Å². The van der Waals surface area contributed by atoms with Gasteiger partial charge in [0.25, 0.3) is 0 Å². The lowest BCUT2D eigenvalue weighted by atomic mass is 10.1. The minimum Gasteiger partial charge on any atom is -0.341 e. The highest BCUT2D eigenvalue weighted by molar-refractivity contribution is 7.20. The number of likely N-dealkylation sites (tertiary alicyclic amines) is 1. The topological polar surface area (TPSA) is 32.3 Å². The lowest BCUT2D eigenvalue weighted by Gasteiger charge is -2.24. The molecule has 0 saturated carbocycles. The van der Waals surface area contributed by atoms with E-state index in [4.69, 9.17) is 23.2 Å². The molecule has 0 aromatic carbocycles. The van der Waals surface area contributed by atoms with Gasteiger partial charge in [0, 0.05) is 31.6 Å². The number of hydrogen-bond donors (Lipinski definition) is 1. The summed E-state index contributed by atoms with van der Waals surface area (Å²) in [5, 5.41) is 3.61. The summed E-state index contributed by atoms with van der Waals surface area (Å²) in [6.07, 6.45) is 5.83. The normalized spacial score (nSPS) is 24.0. The first-order valence-electron chi connectivity index (χ1n) is 7.59. The number of fused-ring (bicyclic) bond motifs is 2. The van der Waals surface area contributed by atoms with Gasteiger partial charge in [0.15, 0.2) is 0 Å². The molecule has 22 heavy (non-hydrogen) atoms. The Morgan fingerprint density at radius 2 is 2.09 bits per heavy atom. The maximum Gasteiger partial charge on any atom is 0.222 e. The predicted molar refractivity (Wildman–Crippen MR) is 95.7 cm³/mol. The molecule has 124 valence electrons. The highest BCUT2D eigenvalue weighted by Crippen LogP contribution is 2.32. The van der Waals surface area contributed by atoms with Gasteiger partial charge in [0.1, 0.15) is 0 Å². The van der Waals surface area contributed by atoms with Crippen LogP contribution in [0.25, 0.3) is 0 Å². The van der Waals surface area contributed by atoms with Crippen molar-refractivity contribution < 1.29 is 4.79 Å². The van der Waals surface area contributed by atoms with E-state index in [0.717, 1.165) is 46.6 Å². The molecule has 0 aliphatic carbocycles. The van der Waals surface area contributed by atoms with Crippen molar-refractivity contribution >= 4 is 52.9 Å². The standard InChI is InChI=1S/C15H20Cl2N2OS.ClH/c16-13-8-10(15(17)21-13)2-1-3-14(20)19-7-6-11-4-5-12(9-19)18-11;/h8,11-12,18H,1-7,9H2;1H. The summed E-state index contributed by atoms with van der Waals surface area (Å²) in [5.74, 6) is 0.279. The molecule has 3 nitrogen and oxygen atoms in total. The first-order chi connectivity index (χ1) is 10.1. The van der Waals surface area contributed by atoms with Gasteiger partial charge in [-0.25, -0.2) is 0 Å². The third-order valence-corrected chi connectivity index (χ3v) is 6.01. The van der Waals surface area contributed by atoms with Crippen LogP contribution in [0.5, 0.6) is 0 Å². The van der Waals surface area contributed by atoms with Crippen LogP contribution in [0.3, 0.4) is 0 Å². The number of amides is 1. The van der Waals surface area contributed by atoms with Crippen molar-refractivity contribution in [2.45, 2.75) is 50.6 Å². The molecule has 2 aliphatic heterocycles. The van der Waals surface area contributed by atoms with Crippen LogP contribution in [0.2, 0.25) is 8.67 Å². The fraction of sp³-hybridized carbons (Fsp3) is 0.667. The van der Waals surface area contributed by atoms with Crippen molar-refractivity contribution in [3.05, 3.63) is 20.3 Å². The Kier molecular flexibility index (Phi) is 6.84. The Hall–Kier alpha value is -0.000000000000000104. The zero-order valence-corrected chi connectivity index (χ0v) is 15.5. The highest BCUT2D eigenvalue weighted by Gasteiger charge is 2.30. The number of rotatable bonds is 4. The molecule has 0 spiro atoms. The Bertz CT molecular complexity index is 523. The third kappa shape index (κ3) is 4.51. The highest BCUT2D eigenvalue weighted by atomic mass is 35.5. The molecule has 1 aromatic rings. The second kappa shape index (κ2) is 8.20. The van der Waals surface area contributed by atoms with Gasteiger partial charge in [-0.3, -0.25) is 4.79 Å². The van der Waals surface area contributed by atoms with E-state index >= 15 is 0 Å². The van der Waals surface area contributed by atoms with Crippen molar-refractivity contribution in [2.24, 2.45) is 0 Å². The molecule has 1 amide bonds. The Labute approximate surface area is 151 Å². The molecule has 2 atom stereocenters. The van der Waals surface area contributed by atoms with Crippen LogP contribution >= 0.6 is 46.9 Å². The molecule has 3 rings (SSSR count). The lowest BCUT2D eigenvalue weighted by Crippen LogP contribution is -2.38. The minimum absolute atomic E-state index is 0. The van der Waals surface area contributed by atoms with E-state index in [1.165, 1.54) is 24.2 Å². The molecule has 2 fully saturated rings. The summed E-state index contributed by atoms with van der Waals surface area (Å²) >= 11 is 13.4. The quantitative estimate of drug-likeness (QED) is 0.847. The van der Waals surface area contributed by atoms with Gasteiger partial charge < -0.3 is 10.2 Å². The van der Waals surface area contributed by atoms with Crippen molar-refractivity contribution in [2.75, 3.05) is 13.1 Å². The Morgan fingerprint density at radius 3 is 2.82 bits per heavy atom. The lowest BCUT2D eigenvalue weighted by molar-refractivity contribution is -0.131. The van der Waals surface area contributed by atoms with E-state index in [1.807, 2.05) is 11.0 Å². The van der Waals surface area contributed by atoms with Crippen LogP contribution in [0.4, 0.5) is 0 Å². The predicted octanol–water partition coefficient (Wildman–Crippen LogP) is 4.15. The summed E-state index contributed by atoms with van der Waals surface area (Å²) in [6, 6.07) is 3.04. The number of nitrogens with zero attached hydrogens (tertiary/aromatic N) is 1. The zero-order valence-electron chi connectivity index (χ0n) is 12.3. The molecule has 2 aliphatic rings. The first kappa shape index (κ1) is 18.3. The fourth-order valence-electron chi connectivity index (χ4n) is 3.30. The number of carbonyl (C=O) groups excluding carboxylic acids is 1. The van der Waals surface area contributed by atoms with Crippen LogP contribution in [0.15, 0.2) is 6.07 Å². The molecule has 0 radical (unpaired) electrons. The molecule has 3 heterocycles.